The third-order valence-electron chi connectivity index (χ3n) is 2.75. The fourth-order valence-corrected chi connectivity index (χ4v) is 1.81. The highest BCUT2D eigenvalue weighted by molar-refractivity contribution is 5.77. The van der Waals surface area contributed by atoms with E-state index in [1.165, 1.54) is 9.13 Å². The lowest BCUT2D eigenvalue weighted by atomic mass is 10.3. The molecule has 3 N–H and O–H groups in total. The highest BCUT2D eigenvalue weighted by atomic mass is 16.4. The summed E-state index contributed by atoms with van der Waals surface area (Å²) in [6.45, 7) is -0.0322. The summed E-state index contributed by atoms with van der Waals surface area (Å²) < 4.78 is 2.86. The molecule has 0 amide bonds. The van der Waals surface area contributed by atoms with Crippen LogP contribution in [0.1, 0.15) is 0 Å². The van der Waals surface area contributed by atoms with Crippen LogP contribution in [-0.4, -0.2) is 26.3 Å². The van der Waals surface area contributed by atoms with Gasteiger partial charge in [-0.15, -0.1) is 0 Å². The van der Waals surface area contributed by atoms with Crippen LogP contribution < -0.4 is 11.4 Å². The Morgan fingerprint density at radius 1 is 1.41 bits per heavy atom. The Hall–Kier alpha value is -2.08. The quantitative estimate of drug-likeness (QED) is 0.767. The van der Waals surface area contributed by atoms with Crippen molar-refractivity contribution in [1.29, 1.82) is 0 Å². The largest absolute Gasteiger partial charge is 0.480 e. The number of aliphatic carboxylic acids is 1. The van der Waals surface area contributed by atoms with E-state index in [-0.39, 0.29) is 12.2 Å². The number of aromatic nitrogens is 2. The van der Waals surface area contributed by atoms with Crippen LogP contribution in [0.5, 0.6) is 0 Å². The van der Waals surface area contributed by atoms with E-state index in [0.717, 1.165) is 5.52 Å². The number of rotatable bonds is 3. The van der Waals surface area contributed by atoms with Gasteiger partial charge in [0.15, 0.2) is 0 Å². The molecule has 6 nitrogen and oxygen atoms in total. The number of nitrogens with zero attached hydrogens (tertiary/aromatic N) is 2. The van der Waals surface area contributed by atoms with E-state index < -0.39 is 12.0 Å². The Kier molecular flexibility index (Phi) is 2.72. The first-order valence-electron chi connectivity index (χ1n) is 5.15. The van der Waals surface area contributed by atoms with Crippen molar-refractivity contribution in [1.82, 2.24) is 9.13 Å². The molecule has 0 spiro atoms. The van der Waals surface area contributed by atoms with Crippen LogP contribution in [0.25, 0.3) is 11.0 Å². The maximum atomic E-state index is 11.9. The molecule has 0 saturated carbocycles. The standard InChI is InChI=1S/C11H13N3O3/c1-13-8-4-2-3-5-9(8)14(11(13)17)6-7(12)10(15)16/h2-5,7H,6,12H2,1H3,(H,15,16). The number of carboxylic acid groups (broad SMARTS) is 1. The molecule has 0 saturated heterocycles. The van der Waals surface area contributed by atoms with Gasteiger partial charge in [0, 0.05) is 7.05 Å². The average Bonchev–Trinajstić information content (AvgIpc) is 2.55. The van der Waals surface area contributed by atoms with Gasteiger partial charge in [0.2, 0.25) is 0 Å². The molecule has 1 heterocycles. The molecule has 0 aliphatic carbocycles. The zero-order valence-electron chi connectivity index (χ0n) is 9.33. The molecule has 17 heavy (non-hydrogen) atoms. The minimum atomic E-state index is -1.12. The average molecular weight is 235 g/mol. The summed E-state index contributed by atoms with van der Waals surface area (Å²) in [7, 11) is 1.65. The number of fused-ring (bicyclic) bond motifs is 1. The summed E-state index contributed by atoms with van der Waals surface area (Å²) in [6, 6.07) is 6.11. The molecule has 1 aromatic heterocycles. The maximum Gasteiger partial charge on any atom is 0.328 e. The normalized spacial score (nSPS) is 12.8. The van der Waals surface area contributed by atoms with Crippen LogP contribution in [0, 0.1) is 0 Å². The molecule has 0 fully saturated rings. The predicted molar refractivity (Wildman–Crippen MR) is 62.8 cm³/mol. The molecular formula is C11H13N3O3. The number of aryl methyl sites for hydroxylation is 1. The van der Waals surface area contributed by atoms with Crippen molar-refractivity contribution in [2.45, 2.75) is 12.6 Å². The summed E-state index contributed by atoms with van der Waals surface area (Å²) in [5.41, 5.74) is 6.64. The molecule has 0 bridgehead atoms. The molecule has 1 atom stereocenters. The Morgan fingerprint density at radius 3 is 2.59 bits per heavy atom. The van der Waals surface area contributed by atoms with E-state index in [0.29, 0.717) is 5.52 Å². The fourth-order valence-electron chi connectivity index (χ4n) is 1.81. The van der Waals surface area contributed by atoms with Gasteiger partial charge in [-0.1, -0.05) is 12.1 Å². The van der Waals surface area contributed by atoms with Gasteiger partial charge in [-0.2, -0.15) is 0 Å². The summed E-state index contributed by atoms with van der Waals surface area (Å²) in [6.07, 6.45) is 0. The van der Waals surface area contributed by atoms with Gasteiger partial charge in [-0.25, -0.2) is 4.79 Å². The van der Waals surface area contributed by atoms with Crippen LogP contribution >= 0.6 is 0 Å². The van der Waals surface area contributed by atoms with E-state index >= 15 is 0 Å². The van der Waals surface area contributed by atoms with Crippen molar-refractivity contribution < 1.29 is 9.90 Å². The lowest BCUT2D eigenvalue weighted by Crippen LogP contribution is -2.38. The third-order valence-corrected chi connectivity index (χ3v) is 2.75. The highest BCUT2D eigenvalue weighted by Crippen LogP contribution is 2.11. The molecule has 0 aliphatic heterocycles. The second kappa shape index (κ2) is 4.06. The maximum absolute atomic E-state index is 11.9. The Labute approximate surface area is 96.9 Å². The molecule has 1 aromatic carbocycles. The van der Waals surface area contributed by atoms with Crippen LogP contribution in [0.4, 0.5) is 0 Å². The smallest absolute Gasteiger partial charge is 0.328 e. The Morgan fingerprint density at radius 2 is 2.00 bits per heavy atom. The summed E-state index contributed by atoms with van der Waals surface area (Å²) in [5, 5.41) is 8.77. The van der Waals surface area contributed by atoms with E-state index in [4.69, 9.17) is 10.8 Å². The summed E-state index contributed by atoms with van der Waals surface area (Å²) in [5.74, 6) is -1.12. The van der Waals surface area contributed by atoms with Crippen molar-refractivity contribution in [2.75, 3.05) is 0 Å². The summed E-state index contributed by atoms with van der Waals surface area (Å²) >= 11 is 0. The Bertz CT molecular complexity index is 626. The van der Waals surface area contributed by atoms with Gasteiger partial charge in [0.05, 0.1) is 17.6 Å². The SMILES string of the molecule is Cn1c(=O)n(CC(N)C(=O)O)c2ccccc21. The molecule has 1 unspecified atom stereocenters. The fraction of sp³-hybridized carbons (Fsp3) is 0.273. The second-order valence-corrected chi connectivity index (χ2v) is 3.89. The number of carboxylic acids is 1. The first-order chi connectivity index (χ1) is 8.02. The number of para-hydroxylation sites is 2. The van der Waals surface area contributed by atoms with Crippen LogP contribution in [0.2, 0.25) is 0 Å². The lowest BCUT2D eigenvalue weighted by molar-refractivity contribution is -0.138. The zero-order valence-corrected chi connectivity index (χ0v) is 9.33. The minimum Gasteiger partial charge on any atom is -0.480 e. The predicted octanol–water partition coefficient (Wildman–Crippen LogP) is -0.248. The highest BCUT2D eigenvalue weighted by Gasteiger charge is 2.17. The van der Waals surface area contributed by atoms with E-state index in [1.54, 1.807) is 25.2 Å². The number of carbonyl (C=O) groups is 1. The van der Waals surface area contributed by atoms with Gasteiger partial charge in [-0.05, 0) is 12.1 Å². The first-order valence-corrected chi connectivity index (χ1v) is 5.15. The first kappa shape index (κ1) is 11.4. The molecular weight excluding hydrogens is 222 g/mol. The van der Waals surface area contributed by atoms with Crippen LogP contribution in [0.15, 0.2) is 29.1 Å². The van der Waals surface area contributed by atoms with Crippen LogP contribution in [-0.2, 0) is 18.4 Å². The van der Waals surface area contributed by atoms with Crippen molar-refractivity contribution in [3.05, 3.63) is 34.7 Å². The van der Waals surface area contributed by atoms with Gasteiger partial charge < -0.3 is 10.8 Å². The number of hydrogen-bond donors (Lipinski definition) is 2. The topological polar surface area (TPSA) is 90.3 Å². The van der Waals surface area contributed by atoms with E-state index in [1.807, 2.05) is 6.07 Å². The molecule has 2 aromatic rings. The molecule has 0 radical (unpaired) electrons. The number of hydrogen-bond acceptors (Lipinski definition) is 3. The Balaban J connectivity index is 2.58. The molecule has 90 valence electrons. The van der Waals surface area contributed by atoms with Crippen molar-refractivity contribution in [3.8, 4) is 0 Å². The van der Waals surface area contributed by atoms with Gasteiger partial charge in [0.1, 0.15) is 6.04 Å². The van der Waals surface area contributed by atoms with E-state index in [9.17, 15) is 9.59 Å². The van der Waals surface area contributed by atoms with Crippen molar-refractivity contribution >= 4 is 17.0 Å². The molecule has 2 rings (SSSR count). The van der Waals surface area contributed by atoms with E-state index in [2.05, 4.69) is 0 Å². The van der Waals surface area contributed by atoms with Gasteiger partial charge in [0.25, 0.3) is 0 Å². The third kappa shape index (κ3) is 1.83. The lowest BCUT2D eigenvalue weighted by Gasteiger charge is -2.07. The van der Waals surface area contributed by atoms with Crippen molar-refractivity contribution in [2.24, 2.45) is 12.8 Å². The zero-order chi connectivity index (χ0) is 12.6. The minimum absolute atomic E-state index is 0.0322. The summed E-state index contributed by atoms with van der Waals surface area (Å²) in [4.78, 5) is 22.6. The van der Waals surface area contributed by atoms with Crippen LogP contribution in [0.3, 0.4) is 0 Å². The number of imidazole rings is 1. The molecule has 0 aliphatic rings. The van der Waals surface area contributed by atoms with Gasteiger partial charge >= 0.3 is 11.7 Å². The molecule has 6 heteroatoms. The van der Waals surface area contributed by atoms with Crippen molar-refractivity contribution in [3.63, 3.8) is 0 Å². The number of nitrogens with two attached hydrogens (primary N) is 1. The number of benzene rings is 1. The monoisotopic (exact) mass is 235 g/mol. The van der Waals surface area contributed by atoms with Gasteiger partial charge in [-0.3, -0.25) is 13.9 Å². The second-order valence-electron chi connectivity index (χ2n) is 3.89.